The number of aliphatic hydroxyl groups excluding tert-OH is 1. The zero-order valence-corrected chi connectivity index (χ0v) is 15.4. The second kappa shape index (κ2) is 8.31. The quantitative estimate of drug-likeness (QED) is 0.736. The van der Waals surface area contributed by atoms with E-state index in [1.165, 1.54) is 0 Å². The average Bonchev–Trinajstić information content (AvgIpc) is 3.26. The predicted molar refractivity (Wildman–Crippen MR) is 98.3 cm³/mol. The Hall–Kier alpha value is -2.41. The van der Waals surface area contributed by atoms with E-state index in [9.17, 15) is 9.90 Å². The topological polar surface area (TPSA) is 91.5 Å². The van der Waals surface area contributed by atoms with Crippen molar-refractivity contribution >= 4 is 11.7 Å². The Bertz CT molecular complexity index is 722. The Morgan fingerprint density at radius 3 is 2.92 bits per heavy atom. The molecule has 1 amide bonds. The van der Waals surface area contributed by atoms with Crippen LogP contribution in [-0.4, -0.2) is 46.9 Å². The number of hydrogen-bond donors (Lipinski definition) is 2. The van der Waals surface area contributed by atoms with Crippen LogP contribution in [0.2, 0.25) is 0 Å². The molecule has 2 aromatic heterocycles. The van der Waals surface area contributed by atoms with Crippen molar-refractivity contribution in [2.75, 3.05) is 24.6 Å². The van der Waals surface area contributed by atoms with Gasteiger partial charge in [-0.05, 0) is 51.7 Å². The van der Waals surface area contributed by atoms with Crippen molar-refractivity contribution in [3.8, 4) is 0 Å². The number of aryl methyl sites for hydroxylation is 2. The van der Waals surface area contributed by atoms with Crippen LogP contribution >= 0.6 is 0 Å². The fourth-order valence-electron chi connectivity index (χ4n) is 3.45. The molecule has 1 fully saturated rings. The van der Waals surface area contributed by atoms with Gasteiger partial charge in [0.05, 0.1) is 23.9 Å². The maximum atomic E-state index is 12.3. The van der Waals surface area contributed by atoms with Crippen LogP contribution in [0.15, 0.2) is 22.9 Å². The number of rotatable bonds is 7. The maximum Gasteiger partial charge on any atom is 0.252 e. The maximum absolute atomic E-state index is 12.3. The first kappa shape index (κ1) is 18.4. The summed E-state index contributed by atoms with van der Waals surface area (Å²) in [7, 11) is 0. The fourth-order valence-corrected chi connectivity index (χ4v) is 3.45. The monoisotopic (exact) mass is 358 g/mol. The summed E-state index contributed by atoms with van der Waals surface area (Å²) in [4.78, 5) is 18.8. The summed E-state index contributed by atoms with van der Waals surface area (Å²) >= 11 is 0. The summed E-state index contributed by atoms with van der Waals surface area (Å²) < 4.78 is 5.15. The average molecular weight is 358 g/mol. The van der Waals surface area contributed by atoms with Crippen LogP contribution in [0, 0.1) is 13.8 Å². The summed E-state index contributed by atoms with van der Waals surface area (Å²) in [6.07, 6.45) is 5.29. The highest BCUT2D eigenvalue weighted by Crippen LogP contribution is 2.23. The Labute approximate surface area is 153 Å². The van der Waals surface area contributed by atoms with E-state index in [0.717, 1.165) is 55.1 Å². The van der Waals surface area contributed by atoms with Crippen LogP contribution in [0.5, 0.6) is 0 Å². The summed E-state index contributed by atoms with van der Waals surface area (Å²) in [5.74, 6) is 1.54. The molecule has 140 valence electrons. The third-order valence-electron chi connectivity index (χ3n) is 4.96. The molecule has 1 saturated heterocycles. The van der Waals surface area contributed by atoms with Crippen LogP contribution in [0.1, 0.15) is 46.6 Å². The summed E-state index contributed by atoms with van der Waals surface area (Å²) in [6.45, 7) is 5.45. The second-order valence-electron chi connectivity index (χ2n) is 6.74. The summed E-state index contributed by atoms with van der Waals surface area (Å²) in [5.41, 5.74) is 2.58. The highest BCUT2D eigenvalue weighted by Gasteiger charge is 2.24. The first-order valence-corrected chi connectivity index (χ1v) is 9.13. The van der Waals surface area contributed by atoms with Gasteiger partial charge < -0.3 is 19.8 Å². The van der Waals surface area contributed by atoms with Crippen molar-refractivity contribution in [2.45, 2.75) is 45.6 Å². The zero-order chi connectivity index (χ0) is 18.5. The van der Waals surface area contributed by atoms with E-state index in [4.69, 9.17) is 4.52 Å². The molecule has 7 heteroatoms. The van der Waals surface area contributed by atoms with Crippen molar-refractivity contribution in [3.05, 3.63) is 40.9 Å². The van der Waals surface area contributed by atoms with Crippen molar-refractivity contribution in [2.24, 2.45) is 0 Å². The Morgan fingerprint density at radius 1 is 1.42 bits per heavy atom. The van der Waals surface area contributed by atoms with Crippen molar-refractivity contribution in [1.29, 1.82) is 0 Å². The number of carbonyl (C=O) groups excluding carboxylic acids is 1. The number of amides is 1. The van der Waals surface area contributed by atoms with Gasteiger partial charge in [0.2, 0.25) is 0 Å². The Kier molecular flexibility index (Phi) is 5.88. The molecule has 0 bridgehead atoms. The summed E-state index contributed by atoms with van der Waals surface area (Å²) in [6, 6.07) is 3.78. The van der Waals surface area contributed by atoms with Crippen molar-refractivity contribution < 1.29 is 14.4 Å². The molecular formula is C19H26N4O3. The van der Waals surface area contributed by atoms with Gasteiger partial charge in [-0.25, -0.2) is 4.98 Å². The highest BCUT2D eigenvalue weighted by molar-refractivity contribution is 5.94. The second-order valence-corrected chi connectivity index (χ2v) is 6.74. The molecule has 2 aromatic rings. The molecule has 0 spiro atoms. The minimum Gasteiger partial charge on any atom is -0.394 e. The Morgan fingerprint density at radius 2 is 2.27 bits per heavy atom. The smallest absolute Gasteiger partial charge is 0.252 e. The van der Waals surface area contributed by atoms with Crippen LogP contribution in [0.3, 0.4) is 0 Å². The van der Waals surface area contributed by atoms with Gasteiger partial charge in [0.15, 0.2) is 0 Å². The molecule has 1 aliphatic heterocycles. The standard InChI is InChI=1S/C19H26N4O3/c1-13-17(14(2)26-22-13)6-3-9-20-19(25)15-7-8-18(21-11-15)23-10-4-5-16(23)12-24/h7-8,11,16,24H,3-6,9-10,12H2,1-2H3,(H,20,25)/t16-/m0/s1. The number of aliphatic hydroxyl groups is 1. The van der Waals surface area contributed by atoms with E-state index in [2.05, 4.69) is 20.4 Å². The lowest BCUT2D eigenvalue weighted by Crippen LogP contribution is -2.32. The van der Waals surface area contributed by atoms with Gasteiger partial charge in [-0.2, -0.15) is 0 Å². The molecule has 0 radical (unpaired) electrons. The molecule has 3 rings (SSSR count). The number of nitrogens with zero attached hydrogens (tertiary/aromatic N) is 3. The fraction of sp³-hybridized carbons (Fsp3) is 0.526. The number of anilines is 1. The van der Waals surface area contributed by atoms with Gasteiger partial charge in [-0.1, -0.05) is 5.16 Å². The van der Waals surface area contributed by atoms with Gasteiger partial charge in [-0.15, -0.1) is 0 Å². The molecule has 7 nitrogen and oxygen atoms in total. The van der Waals surface area contributed by atoms with Crippen LogP contribution in [-0.2, 0) is 6.42 Å². The molecule has 0 saturated carbocycles. The lowest BCUT2D eigenvalue weighted by atomic mass is 10.1. The largest absolute Gasteiger partial charge is 0.394 e. The molecule has 2 N–H and O–H groups in total. The number of nitrogens with one attached hydrogen (secondary N) is 1. The zero-order valence-electron chi connectivity index (χ0n) is 15.4. The summed E-state index contributed by atoms with van der Waals surface area (Å²) in [5, 5.41) is 16.3. The SMILES string of the molecule is Cc1noc(C)c1CCCNC(=O)c1ccc(N2CCC[C@H]2CO)nc1. The minimum absolute atomic E-state index is 0.122. The number of pyridine rings is 1. The van der Waals surface area contributed by atoms with E-state index in [-0.39, 0.29) is 18.6 Å². The lowest BCUT2D eigenvalue weighted by molar-refractivity contribution is 0.0953. The highest BCUT2D eigenvalue weighted by atomic mass is 16.5. The predicted octanol–water partition coefficient (Wildman–Crippen LogP) is 2.01. The molecule has 0 aliphatic carbocycles. The van der Waals surface area contributed by atoms with E-state index in [1.807, 2.05) is 19.9 Å². The van der Waals surface area contributed by atoms with Gasteiger partial charge in [0, 0.05) is 24.8 Å². The lowest BCUT2D eigenvalue weighted by Gasteiger charge is -2.24. The number of hydrogen-bond acceptors (Lipinski definition) is 6. The van der Waals surface area contributed by atoms with Gasteiger partial charge in [-0.3, -0.25) is 4.79 Å². The number of carbonyl (C=O) groups is 1. The molecule has 1 atom stereocenters. The van der Waals surface area contributed by atoms with Crippen LogP contribution in [0.25, 0.3) is 0 Å². The van der Waals surface area contributed by atoms with Gasteiger partial charge in [0.1, 0.15) is 11.6 Å². The molecule has 0 unspecified atom stereocenters. The Balaban J connectivity index is 1.49. The molecule has 26 heavy (non-hydrogen) atoms. The van der Waals surface area contributed by atoms with E-state index >= 15 is 0 Å². The van der Waals surface area contributed by atoms with Crippen LogP contribution < -0.4 is 10.2 Å². The van der Waals surface area contributed by atoms with Gasteiger partial charge in [0.25, 0.3) is 5.91 Å². The molecule has 0 aromatic carbocycles. The van der Waals surface area contributed by atoms with E-state index in [1.54, 1.807) is 12.3 Å². The number of aromatic nitrogens is 2. The van der Waals surface area contributed by atoms with Crippen molar-refractivity contribution in [1.82, 2.24) is 15.5 Å². The third-order valence-corrected chi connectivity index (χ3v) is 4.96. The normalized spacial score (nSPS) is 16.9. The molecular weight excluding hydrogens is 332 g/mol. The molecule has 1 aliphatic rings. The van der Waals surface area contributed by atoms with Crippen LogP contribution in [0.4, 0.5) is 5.82 Å². The van der Waals surface area contributed by atoms with E-state index < -0.39 is 0 Å². The third kappa shape index (κ3) is 4.04. The first-order chi connectivity index (χ1) is 12.6. The first-order valence-electron chi connectivity index (χ1n) is 9.13. The van der Waals surface area contributed by atoms with E-state index in [0.29, 0.717) is 12.1 Å². The van der Waals surface area contributed by atoms with Crippen molar-refractivity contribution in [3.63, 3.8) is 0 Å². The molecule has 3 heterocycles. The van der Waals surface area contributed by atoms with Gasteiger partial charge >= 0.3 is 0 Å². The minimum atomic E-state index is -0.122.